The van der Waals surface area contributed by atoms with Crippen LogP contribution in [-0.2, 0) is 11.2 Å². The summed E-state index contributed by atoms with van der Waals surface area (Å²) in [4.78, 5) is 20.4. The Morgan fingerprint density at radius 1 is 1.17 bits per heavy atom. The molecule has 0 amide bonds. The topological polar surface area (TPSA) is 69.9 Å². The number of hydrogen-bond acceptors (Lipinski definition) is 5. The van der Waals surface area contributed by atoms with E-state index in [1.165, 1.54) is 0 Å². The minimum absolute atomic E-state index is 0.0571. The molecular weight excluding hydrogens is 292 g/mol. The number of rotatable bonds is 5. The number of nitrogens with zero attached hydrogens (tertiary/aromatic N) is 4. The molecule has 0 bridgehead atoms. The van der Waals surface area contributed by atoms with Gasteiger partial charge in [-0.15, -0.1) is 5.10 Å². The van der Waals surface area contributed by atoms with Crippen molar-refractivity contribution in [1.29, 1.82) is 0 Å². The molecule has 0 aliphatic heterocycles. The van der Waals surface area contributed by atoms with E-state index in [1.807, 2.05) is 42.5 Å². The van der Waals surface area contributed by atoms with Gasteiger partial charge in [-0.3, -0.25) is 4.98 Å². The molecule has 0 N–H and O–H groups in total. The maximum atomic E-state index is 11.9. The Labute approximate surface area is 133 Å². The van der Waals surface area contributed by atoms with E-state index >= 15 is 0 Å². The fraction of sp³-hybridized carbons (Fsp3) is 0.176. The van der Waals surface area contributed by atoms with Gasteiger partial charge in [-0.1, -0.05) is 30.3 Å². The number of carbonyl (C=O) groups is 1. The molecule has 0 radical (unpaired) electrons. The second-order valence-corrected chi connectivity index (χ2v) is 4.86. The lowest BCUT2D eigenvalue weighted by Crippen LogP contribution is -2.07. The molecule has 23 heavy (non-hydrogen) atoms. The number of carbonyl (C=O) groups excluding carboxylic acids is 1. The molecule has 0 aliphatic carbocycles. The van der Waals surface area contributed by atoms with Crippen molar-refractivity contribution in [3.63, 3.8) is 0 Å². The van der Waals surface area contributed by atoms with Gasteiger partial charge in [0.25, 0.3) is 5.82 Å². The van der Waals surface area contributed by atoms with Crippen molar-refractivity contribution >= 4 is 5.97 Å². The molecule has 2 heterocycles. The molecule has 3 rings (SSSR count). The van der Waals surface area contributed by atoms with E-state index in [0.29, 0.717) is 12.2 Å². The van der Waals surface area contributed by atoms with Crippen LogP contribution >= 0.6 is 0 Å². The standard InChI is InChI=1S/C17H16N4O2/c1-2-23-17(22)16-19-15(11-13-7-4-3-5-8-13)21(20-16)14-9-6-10-18-12-14/h3-10,12H,2,11H2,1H3. The monoisotopic (exact) mass is 308 g/mol. The van der Waals surface area contributed by atoms with Crippen LogP contribution in [0.4, 0.5) is 0 Å². The second-order valence-electron chi connectivity index (χ2n) is 4.86. The molecule has 3 aromatic rings. The van der Waals surface area contributed by atoms with E-state index in [2.05, 4.69) is 15.1 Å². The van der Waals surface area contributed by atoms with Crippen LogP contribution in [0.3, 0.4) is 0 Å². The maximum absolute atomic E-state index is 11.9. The molecule has 2 aromatic heterocycles. The van der Waals surface area contributed by atoms with E-state index in [1.54, 1.807) is 24.0 Å². The van der Waals surface area contributed by atoms with Crippen molar-refractivity contribution in [2.75, 3.05) is 6.61 Å². The predicted octanol–water partition coefficient (Wildman–Crippen LogP) is 2.43. The zero-order valence-corrected chi connectivity index (χ0v) is 12.7. The van der Waals surface area contributed by atoms with E-state index in [-0.39, 0.29) is 12.4 Å². The van der Waals surface area contributed by atoms with Gasteiger partial charge >= 0.3 is 5.97 Å². The smallest absolute Gasteiger partial charge is 0.378 e. The Balaban J connectivity index is 2.00. The van der Waals surface area contributed by atoms with Gasteiger partial charge in [0.1, 0.15) is 5.82 Å². The third-order valence-corrected chi connectivity index (χ3v) is 3.23. The summed E-state index contributed by atoms with van der Waals surface area (Å²) in [5.74, 6) is 0.193. The van der Waals surface area contributed by atoms with Crippen molar-refractivity contribution < 1.29 is 9.53 Å². The van der Waals surface area contributed by atoms with Crippen molar-refractivity contribution in [2.45, 2.75) is 13.3 Å². The van der Waals surface area contributed by atoms with Crippen LogP contribution in [0.1, 0.15) is 28.9 Å². The first-order valence-corrected chi connectivity index (χ1v) is 7.35. The molecule has 0 spiro atoms. The summed E-state index contributed by atoms with van der Waals surface area (Å²) < 4.78 is 6.62. The first kappa shape index (κ1) is 14.9. The number of benzene rings is 1. The summed E-state index contributed by atoms with van der Waals surface area (Å²) >= 11 is 0. The van der Waals surface area contributed by atoms with Crippen LogP contribution in [0.2, 0.25) is 0 Å². The fourth-order valence-corrected chi connectivity index (χ4v) is 2.21. The summed E-state index contributed by atoms with van der Waals surface area (Å²) in [6, 6.07) is 13.6. The van der Waals surface area contributed by atoms with E-state index in [9.17, 15) is 4.79 Å². The summed E-state index contributed by atoms with van der Waals surface area (Å²) in [5.41, 5.74) is 1.84. The molecule has 0 fully saturated rings. The molecule has 6 nitrogen and oxygen atoms in total. The number of aromatic nitrogens is 4. The molecule has 0 unspecified atom stereocenters. The Bertz CT molecular complexity index is 785. The van der Waals surface area contributed by atoms with Crippen molar-refractivity contribution in [2.24, 2.45) is 0 Å². The highest BCUT2D eigenvalue weighted by atomic mass is 16.5. The van der Waals surface area contributed by atoms with E-state index < -0.39 is 5.97 Å². The minimum Gasteiger partial charge on any atom is -0.460 e. The van der Waals surface area contributed by atoms with Crippen molar-refractivity contribution in [3.05, 3.63) is 72.1 Å². The molecule has 116 valence electrons. The Morgan fingerprint density at radius 3 is 2.70 bits per heavy atom. The maximum Gasteiger partial charge on any atom is 0.378 e. The molecule has 0 saturated heterocycles. The predicted molar refractivity (Wildman–Crippen MR) is 84.4 cm³/mol. The van der Waals surface area contributed by atoms with Crippen LogP contribution in [0.15, 0.2) is 54.9 Å². The van der Waals surface area contributed by atoms with Gasteiger partial charge in [0.15, 0.2) is 0 Å². The number of esters is 1. The third-order valence-electron chi connectivity index (χ3n) is 3.23. The summed E-state index contributed by atoms with van der Waals surface area (Å²) in [7, 11) is 0. The van der Waals surface area contributed by atoms with Crippen LogP contribution < -0.4 is 0 Å². The average molecular weight is 308 g/mol. The summed E-state index contributed by atoms with van der Waals surface area (Å²) in [5, 5.41) is 4.29. The van der Waals surface area contributed by atoms with Gasteiger partial charge in [0.05, 0.1) is 18.5 Å². The highest BCUT2D eigenvalue weighted by Gasteiger charge is 2.18. The van der Waals surface area contributed by atoms with Crippen molar-refractivity contribution in [3.8, 4) is 5.69 Å². The number of hydrogen-bond donors (Lipinski definition) is 0. The highest BCUT2D eigenvalue weighted by Crippen LogP contribution is 2.13. The third kappa shape index (κ3) is 3.42. The lowest BCUT2D eigenvalue weighted by atomic mass is 10.1. The first-order chi connectivity index (χ1) is 11.3. The molecule has 0 aliphatic rings. The quantitative estimate of drug-likeness (QED) is 0.677. The van der Waals surface area contributed by atoms with Gasteiger partial charge in [-0.2, -0.15) is 0 Å². The van der Waals surface area contributed by atoms with Gasteiger partial charge in [0.2, 0.25) is 0 Å². The van der Waals surface area contributed by atoms with Gasteiger partial charge in [0, 0.05) is 12.6 Å². The summed E-state index contributed by atoms with van der Waals surface area (Å²) in [6.45, 7) is 2.04. The van der Waals surface area contributed by atoms with Crippen LogP contribution in [-0.4, -0.2) is 32.3 Å². The van der Waals surface area contributed by atoms with Crippen LogP contribution in [0.25, 0.3) is 5.69 Å². The molecule has 1 aromatic carbocycles. The minimum atomic E-state index is -0.524. The van der Waals surface area contributed by atoms with Crippen LogP contribution in [0, 0.1) is 0 Å². The Hall–Kier alpha value is -3.02. The normalized spacial score (nSPS) is 10.5. The molecule has 6 heteroatoms. The van der Waals surface area contributed by atoms with Gasteiger partial charge in [-0.05, 0) is 24.6 Å². The fourth-order valence-electron chi connectivity index (χ4n) is 2.21. The van der Waals surface area contributed by atoms with E-state index in [0.717, 1.165) is 11.3 Å². The average Bonchev–Trinajstić information content (AvgIpc) is 3.01. The molecule has 0 saturated carbocycles. The molecule has 0 atom stereocenters. The Morgan fingerprint density at radius 2 is 2.00 bits per heavy atom. The van der Waals surface area contributed by atoms with Crippen LogP contribution in [0.5, 0.6) is 0 Å². The SMILES string of the molecule is CCOC(=O)c1nc(Cc2ccccc2)n(-c2cccnc2)n1. The second kappa shape index (κ2) is 6.83. The van der Waals surface area contributed by atoms with Crippen molar-refractivity contribution in [1.82, 2.24) is 19.7 Å². The Kier molecular flexibility index (Phi) is 4.42. The number of pyridine rings is 1. The zero-order valence-electron chi connectivity index (χ0n) is 12.7. The largest absolute Gasteiger partial charge is 0.460 e. The highest BCUT2D eigenvalue weighted by molar-refractivity contribution is 5.85. The van der Waals surface area contributed by atoms with E-state index in [4.69, 9.17) is 4.74 Å². The van der Waals surface area contributed by atoms with Gasteiger partial charge in [-0.25, -0.2) is 14.5 Å². The molecular formula is C17H16N4O2. The van der Waals surface area contributed by atoms with Gasteiger partial charge < -0.3 is 4.74 Å². The lowest BCUT2D eigenvalue weighted by Gasteiger charge is -2.05. The number of ether oxygens (including phenoxy) is 1. The zero-order chi connectivity index (χ0) is 16.1. The first-order valence-electron chi connectivity index (χ1n) is 7.35. The lowest BCUT2D eigenvalue weighted by molar-refractivity contribution is 0.0512. The summed E-state index contributed by atoms with van der Waals surface area (Å²) in [6.07, 6.45) is 3.92.